The summed E-state index contributed by atoms with van der Waals surface area (Å²) < 4.78 is 38.4. The Morgan fingerprint density at radius 3 is 1.32 bits per heavy atom. The van der Waals surface area contributed by atoms with Crippen LogP contribution in [0.15, 0.2) is 0 Å². The molecule has 0 radical (unpaired) electrons. The molecule has 0 aromatic heterocycles. The van der Waals surface area contributed by atoms with Gasteiger partial charge in [0.05, 0.1) is 33.0 Å². The Morgan fingerprint density at radius 2 is 0.773 bits per heavy atom. The van der Waals surface area contributed by atoms with Crippen molar-refractivity contribution in [2.75, 3.05) is 33.0 Å². The minimum atomic E-state index is -1.96. The molecule has 0 aromatic rings. The average Bonchev–Trinajstić information content (AvgIpc) is 3.33. The largest absolute Gasteiger partial charge is 0.394 e. The summed E-state index contributed by atoms with van der Waals surface area (Å²) >= 11 is 0. The molecule has 4 heterocycles. The number of aliphatic hydroxyl groups is 13. The lowest BCUT2D eigenvalue weighted by Gasteiger charge is -2.47. The first-order chi connectivity index (χ1) is 20.9. The van der Waals surface area contributed by atoms with Crippen LogP contribution in [0.3, 0.4) is 0 Å². The molecule has 0 aliphatic carbocycles. The predicted octanol–water partition coefficient (Wildman–Crippen LogP) is -9.07. The maximum Gasteiger partial charge on any atom is 0.187 e. The number of rotatable bonds is 11. The van der Waals surface area contributed by atoms with Crippen LogP contribution >= 0.6 is 0 Å². The first-order valence-corrected chi connectivity index (χ1v) is 14.0. The molecule has 258 valence electrons. The van der Waals surface area contributed by atoms with Crippen LogP contribution in [0, 0.1) is 0 Å². The lowest BCUT2D eigenvalue weighted by atomic mass is 9.96. The van der Waals surface area contributed by atoms with Crippen molar-refractivity contribution >= 4 is 0 Å². The third-order valence-corrected chi connectivity index (χ3v) is 8.14. The molecule has 20 nitrogen and oxygen atoms in total. The maximum atomic E-state index is 11.1. The summed E-state index contributed by atoms with van der Waals surface area (Å²) in [5, 5.41) is 132. The van der Waals surface area contributed by atoms with Gasteiger partial charge in [-0.25, -0.2) is 0 Å². The van der Waals surface area contributed by atoms with Crippen molar-refractivity contribution in [3.8, 4) is 0 Å². The molecule has 13 N–H and O–H groups in total. The Hall–Kier alpha value is -0.800. The van der Waals surface area contributed by atoms with Crippen LogP contribution in [0.5, 0.6) is 0 Å². The van der Waals surface area contributed by atoms with Gasteiger partial charge in [0.15, 0.2) is 18.9 Å². The fraction of sp³-hybridized carbons (Fsp3) is 1.00. The molecule has 0 bridgehead atoms. The minimum absolute atomic E-state index is 0.650. The predicted molar refractivity (Wildman–Crippen MR) is 133 cm³/mol. The van der Waals surface area contributed by atoms with Gasteiger partial charge in [-0.05, 0) is 0 Å². The highest BCUT2D eigenvalue weighted by Gasteiger charge is 2.54. The molecule has 4 rings (SSSR count). The van der Waals surface area contributed by atoms with Gasteiger partial charge in [0, 0.05) is 0 Å². The zero-order valence-electron chi connectivity index (χ0n) is 23.2. The second-order valence-corrected chi connectivity index (χ2v) is 11.0. The Labute approximate surface area is 249 Å². The Kier molecular flexibility index (Phi) is 12.6. The van der Waals surface area contributed by atoms with E-state index >= 15 is 0 Å². The smallest absolute Gasteiger partial charge is 0.187 e. The molecule has 19 atom stereocenters. The summed E-state index contributed by atoms with van der Waals surface area (Å²) in [4.78, 5) is 0. The zero-order valence-corrected chi connectivity index (χ0v) is 23.2. The van der Waals surface area contributed by atoms with Crippen LogP contribution in [0.4, 0.5) is 0 Å². The Bertz CT molecular complexity index is 881. The van der Waals surface area contributed by atoms with E-state index in [0.717, 1.165) is 0 Å². The van der Waals surface area contributed by atoms with Crippen molar-refractivity contribution in [1.82, 2.24) is 0 Å². The summed E-state index contributed by atoms with van der Waals surface area (Å²) in [7, 11) is 0. The van der Waals surface area contributed by atoms with E-state index in [1.807, 2.05) is 0 Å². The third kappa shape index (κ3) is 7.19. The van der Waals surface area contributed by atoms with E-state index in [9.17, 15) is 66.4 Å². The van der Waals surface area contributed by atoms with Crippen LogP contribution in [0.25, 0.3) is 0 Å². The van der Waals surface area contributed by atoms with Gasteiger partial charge < -0.3 is 99.5 Å². The van der Waals surface area contributed by atoms with E-state index in [-0.39, 0.29) is 0 Å². The van der Waals surface area contributed by atoms with Gasteiger partial charge in [-0.15, -0.1) is 0 Å². The SMILES string of the molecule is OC[C@H]1O[C@H](OC[C@H]2O[C@@H](O[C@H]3[C@H](O)[C@@H](CO)O[C@@H]3CO)[C@@H](O)[C@@H](O[C@H]3O[C@H](CO)[C@@H](O)[C@H](O)[C@@H]3O)[C@@H]2O)[C@@H](O)[C@@H](O)[C@@H]1O. The van der Waals surface area contributed by atoms with Gasteiger partial charge >= 0.3 is 0 Å². The molecule has 4 fully saturated rings. The molecule has 4 aliphatic rings. The van der Waals surface area contributed by atoms with Crippen LogP contribution in [-0.2, 0) is 33.2 Å². The highest BCUT2D eigenvalue weighted by atomic mass is 16.8. The number of hydrogen-bond donors (Lipinski definition) is 13. The Morgan fingerprint density at radius 1 is 0.364 bits per heavy atom. The topological polar surface area (TPSA) is 328 Å². The molecule has 0 spiro atoms. The Balaban J connectivity index is 1.55. The molecule has 44 heavy (non-hydrogen) atoms. The van der Waals surface area contributed by atoms with Crippen molar-refractivity contribution < 1.29 is 99.5 Å². The fourth-order valence-corrected chi connectivity index (χ4v) is 5.48. The molecule has 0 aromatic carbocycles. The minimum Gasteiger partial charge on any atom is -0.394 e. The van der Waals surface area contributed by atoms with Crippen LogP contribution < -0.4 is 0 Å². The van der Waals surface area contributed by atoms with Crippen molar-refractivity contribution in [3.05, 3.63) is 0 Å². The monoisotopic (exact) mass is 650 g/mol. The molecule has 0 saturated carbocycles. The molecular formula is C24H42O20. The summed E-state index contributed by atoms with van der Waals surface area (Å²) in [5.41, 5.74) is 0. The van der Waals surface area contributed by atoms with Crippen molar-refractivity contribution in [1.29, 1.82) is 0 Å². The highest BCUT2D eigenvalue weighted by molar-refractivity contribution is 4.97. The molecule has 4 aliphatic heterocycles. The quantitative estimate of drug-likeness (QED) is 0.0987. The van der Waals surface area contributed by atoms with Gasteiger partial charge in [-0.1, -0.05) is 0 Å². The van der Waals surface area contributed by atoms with E-state index in [4.69, 9.17) is 33.2 Å². The third-order valence-electron chi connectivity index (χ3n) is 8.14. The normalized spacial score (nSPS) is 51.9. The van der Waals surface area contributed by atoms with Crippen molar-refractivity contribution in [3.63, 3.8) is 0 Å². The highest BCUT2D eigenvalue weighted by Crippen LogP contribution is 2.33. The lowest BCUT2D eigenvalue weighted by Crippen LogP contribution is -2.65. The molecule has 0 amide bonds. The molecule has 0 unspecified atom stereocenters. The second-order valence-electron chi connectivity index (χ2n) is 11.0. The first kappa shape index (κ1) is 36.0. The number of hydrogen-bond acceptors (Lipinski definition) is 20. The van der Waals surface area contributed by atoms with E-state index in [2.05, 4.69) is 0 Å². The molecule has 20 heteroatoms. The van der Waals surface area contributed by atoms with Gasteiger partial charge in [-0.3, -0.25) is 0 Å². The molecular weight excluding hydrogens is 608 g/mol. The van der Waals surface area contributed by atoms with E-state index in [1.165, 1.54) is 0 Å². The lowest BCUT2D eigenvalue weighted by molar-refractivity contribution is -0.371. The van der Waals surface area contributed by atoms with Crippen LogP contribution in [-0.4, -0.2) is 216 Å². The first-order valence-electron chi connectivity index (χ1n) is 14.0. The van der Waals surface area contributed by atoms with E-state index in [0.29, 0.717) is 0 Å². The van der Waals surface area contributed by atoms with Gasteiger partial charge in [-0.2, -0.15) is 0 Å². The summed E-state index contributed by atoms with van der Waals surface area (Å²) in [6.07, 6.45) is -31.4. The maximum absolute atomic E-state index is 11.1. The number of ether oxygens (including phenoxy) is 7. The molecule has 4 saturated heterocycles. The van der Waals surface area contributed by atoms with Crippen LogP contribution in [0.2, 0.25) is 0 Å². The summed E-state index contributed by atoms with van der Waals surface area (Å²) in [6.45, 7) is -3.59. The number of aliphatic hydroxyl groups excluding tert-OH is 13. The second kappa shape index (κ2) is 15.4. The van der Waals surface area contributed by atoms with Gasteiger partial charge in [0.25, 0.3) is 0 Å². The summed E-state index contributed by atoms with van der Waals surface area (Å²) in [5.74, 6) is 0. The summed E-state index contributed by atoms with van der Waals surface area (Å²) in [6, 6.07) is 0. The van der Waals surface area contributed by atoms with Crippen molar-refractivity contribution in [2.45, 2.75) is 117 Å². The van der Waals surface area contributed by atoms with Crippen LogP contribution in [0.1, 0.15) is 0 Å². The van der Waals surface area contributed by atoms with Gasteiger partial charge in [0.2, 0.25) is 0 Å². The average molecular weight is 651 g/mol. The van der Waals surface area contributed by atoms with Crippen molar-refractivity contribution in [2.24, 2.45) is 0 Å². The van der Waals surface area contributed by atoms with E-state index < -0.39 is 150 Å². The fourth-order valence-electron chi connectivity index (χ4n) is 5.48. The standard InChI is InChI=1S/C24H42O20/c25-1-6-11(29)15(33)17(35)22(40-6)38-5-10-14(32)21(44-23-18(36)16(34)12(30)7(2-26)41-23)19(37)24(42-10)43-20-9(4-28)39-8(3-27)13(20)31/h6-37H,1-5H2/t6-,7-,8-,9-,10-,11-,12-,13-,14-,15+,16+,17+,18+,19+,20-,21+,22+,23-,24+/m1/s1. The van der Waals surface area contributed by atoms with E-state index in [1.54, 1.807) is 0 Å². The van der Waals surface area contributed by atoms with Gasteiger partial charge in [0.1, 0.15) is 97.7 Å². The zero-order chi connectivity index (χ0) is 32.5.